The van der Waals surface area contributed by atoms with Crippen LogP contribution >= 0.6 is 0 Å². The van der Waals surface area contributed by atoms with Crippen LogP contribution in [0.15, 0.2) is 0 Å². The first-order valence-electron chi connectivity index (χ1n) is 4.45. The molecule has 0 amide bonds. The Bertz CT molecular complexity index is 134. The Morgan fingerprint density at radius 1 is 1.45 bits per heavy atom. The standard InChI is InChI=1S/C8H16N2O/c1-7-8(11-7)6-10-4-2-9-3-5-10/h7-9H,2-6H2,1H3. The molecule has 0 spiro atoms. The van der Waals surface area contributed by atoms with E-state index in [2.05, 4.69) is 17.1 Å². The van der Waals surface area contributed by atoms with Gasteiger partial charge >= 0.3 is 0 Å². The Hall–Kier alpha value is -0.120. The van der Waals surface area contributed by atoms with Crippen LogP contribution in [0.25, 0.3) is 0 Å². The third kappa shape index (κ3) is 1.92. The fourth-order valence-electron chi connectivity index (χ4n) is 1.57. The molecule has 0 aromatic carbocycles. The summed E-state index contributed by atoms with van der Waals surface area (Å²) in [6.07, 6.45) is 1.05. The van der Waals surface area contributed by atoms with Crippen molar-refractivity contribution in [2.75, 3.05) is 32.7 Å². The van der Waals surface area contributed by atoms with Gasteiger partial charge in [0.25, 0.3) is 0 Å². The summed E-state index contributed by atoms with van der Waals surface area (Å²) in [5, 5.41) is 3.34. The molecule has 0 aromatic heterocycles. The third-order valence-corrected chi connectivity index (χ3v) is 2.48. The first-order valence-corrected chi connectivity index (χ1v) is 4.45. The van der Waals surface area contributed by atoms with Crippen LogP contribution in [-0.4, -0.2) is 49.8 Å². The van der Waals surface area contributed by atoms with E-state index in [4.69, 9.17) is 4.74 Å². The molecule has 1 N–H and O–H groups in total. The van der Waals surface area contributed by atoms with Crippen LogP contribution in [0.1, 0.15) is 6.92 Å². The van der Waals surface area contributed by atoms with Crippen molar-refractivity contribution in [3.8, 4) is 0 Å². The molecule has 2 atom stereocenters. The molecule has 11 heavy (non-hydrogen) atoms. The molecule has 3 heteroatoms. The largest absolute Gasteiger partial charge is 0.368 e. The zero-order valence-electron chi connectivity index (χ0n) is 7.05. The molecule has 0 aliphatic carbocycles. The molecule has 0 saturated carbocycles. The summed E-state index contributed by atoms with van der Waals surface area (Å²) in [6, 6.07) is 0. The van der Waals surface area contributed by atoms with Gasteiger partial charge in [0.05, 0.1) is 12.2 Å². The van der Waals surface area contributed by atoms with Crippen molar-refractivity contribution in [2.24, 2.45) is 0 Å². The fraction of sp³-hybridized carbons (Fsp3) is 1.00. The molecule has 0 radical (unpaired) electrons. The Balaban J connectivity index is 1.68. The highest BCUT2D eigenvalue weighted by molar-refractivity contribution is 4.84. The topological polar surface area (TPSA) is 27.8 Å². The minimum Gasteiger partial charge on any atom is -0.368 e. The van der Waals surface area contributed by atoms with Crippen molar-refractivity contribution in [1.82, 2.24) is 10.2 Å². The average molecular weight is 156 g/mol. The van der Waals surface area contributed by atoms with E-state index in [0.717, 1.165) is 19.6 Å². The van der Waals surface area contributed by atoms with Gasteiger partial charge in [-0.1, -0.05) is 0 Å². The molecular formula is C8H16N2O. The van der Waals surface area contributed by atoms with E-state index < -0.39 is 0 Å². The lowest BCUT2D eigenvalue weighted by molar-refractivity contribution is 0.217. The van der Waals surface area contributed by atoms with E-state index in [1.54, 1.807) is 0 Å². The van der Waals surface area contributed by atoms with E-state index in [1.165, 1.54) is 13.1 Å². The van der Waals surface area contributed by atoms with Gasteiger partial charge in [-0.15, -0.1) is 0 Å². The van der Waals surface area contributed by atoms with Crippen molar-refractivity contribution in [3.63, 3.8) is 0 Å². The molecule has 2 aliphatic heterocycles. The second kappa shape index (κ2) is 3.09. The predicted octanol–water partition coefficient (Wildman–Crippen LogP) is -0.321. The SMILES string of the molecule is CC1OC1CN1CCNCC1. The maximum Gasteiger partial charge on any atom is 0.0965 e. The molecule has 3 nitrogen and oxygen atoms in total. The van der Waals surface area contributed by atoms with E-state index >= 15 is 0 Å². The Morgan fingerprint density at radius 2 is 2.09 bits per heavy atom. The number of hydrogen-bond acceptors (Lipinski definition) is 3. The second-order valence-corrected chi connectivity index (χ2v) is 3.43. The Kier molecular flexibility index (Phi) is 2.11. The van der Waals surface area contributed by atoms with Crippen molar-refractivity contribution in [1.29, 1.82) is 0 Å². The lowest BCUT2D eigenvalue weighted by Crippen LogP contribution is -2.45. The quantitative estimate of drug-likeness (QED) is 0.555. The summed E-state index contributed by atoms with van der Waals surface area (Å²) in [5.41, 5.74) is 0. The maximum absolute atomic E-state index is 5.36. The summed E-state index contributed by atoms with van der Waals surface area (Å²) in [6.45, 7) is 7.94. The second-order valence-electron chi connectivity index (χ2n) is 3.43. The summed E-state index contributed by atoms with van der Waals surface area (Å²) in [7, 11) is 0. The van der Waals surface area contributed by atoms with Crippen LogP contribution in [0.5, 0.6) is 0 Å². The summed E-state index contributed by atoms with van der Waals surface area (Å²) < 4.78 is 5.36. The number of epoxide rings is 1. The first kappa shape index (κ1) is 7.53. The van der Waals surface area contributed by atoms with Crippen molar-refractivity contribution in [3.05, 3.63) is 0 Å². The average Bonchev–Trinajstić information content (AvgIpc) is 2.69. The molecule has 2 aliphatic rings. The third-order valence-electron chi connectivity index (χ3n) is 2.48. The maximum atomic E-state index is 5.36. The molecule has 2 rings (SSSR count). The Morgan fingerprint density at radius 3 is 2.64 bits per heavy atom. The van der Waals surface area contributed by atoms with Gasteiger partial charge in [-0.2, -0.15) is 0 Å². The van der Waals surface area contributed by atoms with Gasteiger partial charge in [-0.3, -0.25) is 4.90 Å². The molecule has 0 bridgehead atoms. The number of rotatable bonds is 2. The van der Waals surface area contributed by atoms with Gasteiger partial charge in [-0.25, -0.2) is 0 Å². The lowest BCUT2D eigenvalue weighted by atomic mass is 10.3. The molecular weight excluding hydrogens is 140 g/mol. The van der Waals surface area contributed by atoms with Gasteiger partial charge in [0.1, 0.15) is 0 Å². The van der Waals surface area contributed by atoms with Gasteiger partial charge in [0.2, 0.25) is 0 Å². The molecule has 2 saturated heterocycles. The summed E-state index contributed by atoms with van der Waals surface area (Å²) >= 11 is 0. The smallest absolute Gasteiger partial charge is 0.0965 e. The van der Waals surface area contributed by atoms with E-state index in [-0.39, 0.29) is 0 Å². The monoisotopic (exact) mass is 156 g/mol. The van der Waals surface area contributed by atoms with E-state index in [1.807, 2.05) is 0 Å². The zero-order valence-corrected chi connectivity index (χ0v) is 7.05. The van der Waals surface area contributed by atoms with E-state index in [0.29, 0.717) is 12.2 Å². The van der Waals surface area contributed by atoms with Crippen LogP contribution in [0.4, 0.5) is 0 Å². The fourth-order valence-corrected chi connectivity index (χ4v) is 1.57. The van der Waals surface area contributed by atoms with Crippen molar-refractivity contribution >= 4 is 0 Å². The number of nitrogens with zero attached hydrogens (tertiary/aromatic N) is 1. The van der Waals surface area contributed by atoms with Crippen molar-refractivity contribution < 1.29 is 4.74 Å². The van der Waals surface area contributed by atoms with Gasteiger partial charge in [0, 0.05) is 32.7 Å². The zero-order chi connectivity index (χ0) is 7.68. The molecule has 2 fully saturated rings. The normalized spacial score (nSPS) is 39.0. The van der Waals surface area contributed by atoms with Gasteiger partial charge in [0.15, 0.2) is 0 Å². The molecule has 64 valence electrons. The number of nitrogens with one attached hydrogen (secondary N) is 1. The van der Waals surface area contributed by atoms with Crippen LogP contribution in [-0.2, 0) is 4.74 Å². The van der Waals surface area contributed by atoms with Gasteiger partial charge in [-0.05, 0) is 6.92 Å². The van der Waals surface area contributed by atoms with Crippen LogP contribution < -0.4 is 5.32 Å². The van der Waals surface area contributed by atoms with Crippen LogP contribution in [0.3, 0.4) is 0 Å². The minimum atomic E-state index is 0.518. The van der Waals surface area contributed by atoms with Gasteiger partial charge < -0.3 is 10.1 Å². The van der Waals surface area contributed by atoms with Crippen LogP contribution in [0.2, 0.25) is 0 Å². The highest BCUT2D eigenvalue weighted by Crippen LogP contribution is 2.21. The number of hydrogen-bond donors (Lipinski definition) is 1. The number of piperazine rings is 1. The Labute approximate surface area is 67.7 Å². The first-order chi connectivity index (χ1) is 5.36. The highest BCUT2D eigenvalue weighted by Gasteiger charge is 2.35. The summed E-state index contributed by atoms with van der Waals surface area (Å²) in [4.78, 5) is 2.48. The molecule has 2 heterocycles. The number of ether oxygens (including phenoxy) is 1. The minimum absolute atomic E-state index is 0.518. The summed E-state index contributed by atoms with van der Waals surface area (Å²) in [5.74, 6) is 0. The van der Waals surface area contributed by atoms with Crippen LogP contribution in [0, 0.1) is 0 Å². The highest BCUT2D eigenvalue weighted by atomic mass is 16.6. The van der Waals surface area contributed by atoms with E-state index in [9.17, 15) is 0 Å². The molecule has 0 aromatic rings. The molecule has 2 unspecified atom stereocenters. The lowest BCUT2D eigenvalue weighted by Gasteiger charge is -2.26. The predicted molar refractivity (Wildman–Crippen MR) is 43.6 cm³/mol. The van der Waals surface area contributed by atoms with Crippen molar-refractivity contribution in [2.45, 2.75) is 19.1 Å².